The summed E-state index contributed by atoms with van der Waals surface area (Å²) in [7, 11) is 0. The van der Waals surface area contributed by atoms with Crippen LogP contribution in [0.5, 0.6) is 0 Å². The molecule has 0 radical (unpaired) electrons. The van der Waals surface area contributed by atoms with Gasteiger partial charge in [-0.15, -0.1) is 0 Å². The molecule has 2 nitrogen and oxygen atoms in total. The third-order valence-electron chi connectivity index (χ3n) is 2.59. The molecule has 0 N–H and O–H groups in total. The molecule has 1 heterocycles. The van der Waals surface area contributed by atoms with Gasteiger partial charge in [-0.05, 0) is 19.8 Å². The number of ether oxygens (including phenoxy) is 1. The van der Waals surface area contributed by atoms with E-state index < -0.39 is 0 Å². The molecule has 0 bridgehead atoms. The Morgan fingerprint density at radius 2 is 2.45 bits per heavy atom. The Labute approximate surface area is 66.2 Å². The summed E-state index contributed by atoms with van der Waals surface area (Å²) in [6, 6.07) is 0. The van der Waals surface area contributed by atoms with Crippen molar-refractivity contribution in [3.63, 3.8) is 0 Å². The number of carbonyl (C=O) groups is 1. The minimum atomic E-state index is 0.0127. The zero-order chi connectivity index (χ0) is 7.84. The third kappa shape index (κ3) is 1.06. The standard InChI is InChI=1S/C9H12O2/c1-6-2-3-8-7(4-6)5-11-9(8)10/h4,7-8H,2-3,5H2,1H3/t7-,8+/m0/s1. The first-order chi connectivity index (χ1) is 5.27. The van der Waals surface area contributed by atoms with E-state index in [2.05, 4.69) is 13.0 Å². The highest BCUT2D eigenvalue weighted by atomic mass is 16.5. The molecule has 60 valence electrons. The third-order valence-corrected chi connectivity index (χ3v) is 2.59. The molecule has 0 aromatic heterocycles. The van der Waals surface area contributed by atoms with Gasteiger partial charge in [0.05, 0.1) is 12.5 Å². The fourth-order valence-corrected chi connectivity index (χ4v) is 1.90. The van der Waals surface area contributed by atoms with Gasteiger partial charge in [0.15, 0.2) is 0 Å². The predicted octanol–water partition coefficient (Wildman–Crippen LogP) is 1.52. The fraction of sp³-hybridized carbons (Fsp3) is 0.667. The van der Waals surface area contributed by atoms with Crippen molar-refractivity contribution in [3.05, 3.63) is 11.6 Å². The Kier molecular flexibility index (Phi) is 1.48. The van der Waals surface area contributed by atoms with Crippen molar-refractivity contribution >= 4 is 5.97 Å². The number of cyclic esters (lactones) is 1. The van der Waals surface area contributed by atoms with Gasteiger partial charge in [-0.1, -0.05) is 11.6 Å². The zero-order valence-electron chi connectivity index (χ0n) is 6.67. The Morgan fingerprint density at radius 1 is 1.64 bits per heavy atom. The van der Waals surface area contributed by atoms with Crippen molar-refractivity contribution in [3.8, 4) is 0 Å². The second kappa shape index (κ2) is 2.36. The highest BCUT2D eigenvalue weighted by Crippen LogP contribution is 2.33. The molecule has 0 saturated carbocycles. The molecule has 0 unspecified atom stereocenters. The van der Waals surface area contributed by atoms with Crippen LogP contribution in [0.1, 0.15) is 19.8 Å². The highest BCUT2D eigenvalue weighted by molar-refractivity contribution is 5.75. The average Bonchev–Trinajstić information content (AvgIpc) is 2.32. The lowest BCUT2D eigenvalue weighted by Crippen LogP contribution is -2.17. The number of rotatable bonds is 0. The Bertz CT molecular complexity index is 218. The summed E-state index contributed by atoms with van der Waals surface area (Å²) in [6.07, 6.45) is 4.25. The van der Waals surface area contributed by atoms with Crippen LogP contribution in [0.2, 0.25) is 0 Å². The second-order valence-corrected chi connectivity index (χ2v) is 3.45. The second-order valence-electron chi connectivity index (χ2n) is 3.45. The van der Waals surface area contributed by atoms with E-state index in [4.69, 9.17) is 4.74 Å². The van der Waals surface area contributed by atoms with Crippen LogP contribution in [0.3, 0.4) is 0 Å². The van der Waals surface area contributed by atoms with Crippen LogP contribution in [0, 0.1) is 11.8 Å². The SMILES string of the molecule is CC1=C[C@H]2COC(=O)[C@@H]2CC1. The maximum atomic E-state index is 11.1. The zero-order valence-corrected chi connectivity index (χ0v) is 6.67. The highest BCUT2D eigenvalue weighted by Gasteiger charge is 2.36. The molecule has 0 aromatic rings. The molecule has 0 amide bonds. The number of esters is 1. The average molecular weight is 152 g/mol. The van der Waals surface area contributed by atoms with Crippen molar-refractivity contribution in [2.24, 2.45) is 11.8 Å². The number of fused-ring (bicyclic) bond motifs is 1. The summed E-state index contributed by atoms with van der Waals surface area (Å²) >= 11 is 0. The molecule has 1 aliphatic carbocycles. The fourth-order valence-electron chi connectivity index (χ4n) is 1.90. The van der Waals surface area contributed by atoms with Gasteiger partial charge in [0.25, 0.3) is 0 Å². The van der Waals surface area contributed by atoms with Crippen LogP contribution < -0.4 is 0 Å². The quantitative estimate of drug-likeness (QED) is 0.388. The molecule has 1 fully saturated rings. The van der Waals surface area contributed by atoms with Crippen molar-refractivity contribution in [1.82, 2.24) is 0 Å². The van der Waals surface area contributed by atoms with E-state index in [1.807, 2.05) is 0 Å². The van der Waals surface area contributed by atoms with Gasteiger partial charge in [-0.2, -0.15) is 0 Å². The lowest BCUT2D eigenvalue weighted by molar-refractivity contribution is -0.141. The molecule has 2 rings (SSSR count). The molecule has 0 spiro atoms. The van der Waals surface area contributed by atoms with E-state index in [0.717, 1.165) is 12.8 Å². The molecule has 2 atom stereocenters. The van der Waals surface area contributed by atoms with Gasteiger partial charge in [0.2, 0.25) is 0 Å². The van der Waals surface area contributed by atoms with Crippen LogP contribution >= 0.6 is 0 Å². The van der Waals surface area contributed by atoms with Gasteiger partial charge < -0.3 is 4.74 Å². The normalized spacial score (nSPS) is 36.1. The smallest absolute Gasteiger partial charge is 0.309 e. The largest absolute Gasteiger partial charge is 0.465 e. The Balaban J connectivity index is 2.20. The molecule has 1 saturated heterocycles. The molecule has 2 heteroatoms. The van der Waals surface area contributed by atoms with Crippen LogP contribution in [0.4, 0.5) is 0 Å². The van der Waals surface area contributed by atoms with Crippen LogP contribution in [-0.2, 0) is 9.53 Å². The topological polar surface area (TPSA) is 26.3 Å². The Hall–Kier alpha value is -0.790. The van der Waals surface area contributed by atoms with Crippen molar-refractivity contribution in [2.45, 2.75) is 19.8 Å². The summed E-state index contributed by atoms with van der Waals surface area (Å²) in [5, 5.41) is 0. The van der Waals surface area contributed by atoms with Gasteiger partial charge in [0.1, 0.15) is 0 Å². The summed E-state index contributed by atoms with van der Waals surface area (Å²) in [5.41, 5.74) is 1.41. The number of allylic oxidation sites excluding steroid dienone is 1. The Morgan fingerprint density at radius 3 is 3.27 bits per heavy atom. The van der Waals surface area contributed by atoms with Gasteiger partial charge in [0, 0.05) is 5.92 Å². The molecule has 2 aliphatic rings. The summed E-state index contributed by atoms with van der Waals surface area (Å²) < 4.78 is 4.96. The monoisotopic (exact) mass is 152 g/mol. The van der Waals surface area contributed by atoms with Gasteiger partial charge >= 0.3 is 5.97 Å². The van der Waals surface area contributed by atoms with Gasteiger partial charge in [-0.3, -0.25) is 4.79 Å². The van der Waals surface area contributed by atoms with E-state index >= 15 is 0 Å². The summed E-state index contributed by atoms with van der Waals surface area (Å²) in [6.45, 7) is 2.74. The van der Waals surface area contributed by atoms with Gasteiger partial charge in [-0.25, -0.2) is 0 Å². The van der Waals surface area contributed by atoms with E-state index in [1.54, 1.807) is 0 Å². The first-order valence-electron chi connectivity index (χ1n) is 4.11. The lowest BCUT2D eigenvalue weighted by Gasteiger charge is -2.17. The first kappa shape index (κ1) is 6.89. The van der Waals surface area contributed by atoms with Crippen molar-refractivity contribution in [1.29, 1.82) is 0 Å². The van der Waals surface area contributed by atoms with E-state index in [9.17, 15) is 4.79 Å². The van der Waals surface area contributed by atoms with E-state index in [0.29, 0.717) is 12.5 Å². The van der Waals surface area contributed by atoms with Crippen LogP contribution in [0.15, 0.2) is 11.6 Å². The molecular formula is C9H12O2. The van der Waals surface area contributed by atoms with Crippen LogP contribution in [0.25, 0.3) is 0 Å². The molecule has 11 heavy (non-hydrogen) atoms. The van der Waals surface area contributed by atoms with E-state index in [1.165, 1.54) is 5.57 Å². The van der Waals surface area contributed by atoms with Crippen molar-refractivity contribution < 1.29 is 9.53 Å². The predicted molar refractivity (Wildman–Crippen MR) is 40.9 cm³/mol. The molecule has 1 aliphatic heterocycles. The molecular weight excluding hydrogens is 140 g/mol. The number of hydrogen-bond acceptors (Lipinski definition) is 2. The number of hydrogen-bond donors (Lipinski definition) is 0. The van der Waals surface area contributed by atoms with Crippen LogP contribution in [-0.4, -0.2) is 12.6 Å². The minimum absolute atomic E-state index is 0.0127. The van der Waals surface area contributed by atoms with Crippen molar-refractivity contribution in [2.75, 3.05) is 6.61 Å². The summed E-state index contributed by atoms with van der Waals surface area (Å²) in [5.74, 6) is 0.577. The number of carbonyl (C=O) groups excluding carboxylic acids is 1. The maximum absolute atomic E-state index is 11.1. The first-order valence-corrected chi connectivity index (χ1v) is 4.11. The lowest BCUT2D eigenvalue weighted by atomic mass is 9.83. The maximum Gasteiger partial charge on any atom is 0.309 e. The molecule has 0 aromatic carbocycles. The van der Waals surface area contributed by atoms with E-state index in [-0.39, 0.29) is 11.9 Å². The summed E-state index contributed by atoms with van der Waals surface area (Å²) in [4.78, 5) is 11.1. The minimum Gasteiger partial charge on any atom is -0.465 e.